The van der Waals surface area contributed by atoms with E-state index in [1.807, 2.05) is 12.1 Å². The molecule has 2 amide bonds. The van der Waals surface area contributed by atoms with E-state index in [4.69, 9.17) is 4.74 Å². The van der Waals surface area contributed by atoms with Crippen molar-refractivity contribution in [2.24, 2.45) is 0 Å². The Morgan fingerprint density at radius 3 is 2.62 bits per heavy atom. The maximum atomic E-state index is 13.4. The van der Waals surface area contributed by atoms with Gasteiger partial charge in [-0.3, -0.25) is 14.8 Å². The largest absolute Gasteiger partial charge is 0.444 e. The second kappa shape index (κ2) is 13.4. The summed E-state index contributed by atoms with van der Waals surface area (Å²) in [7, 11) is 0. The Morgan fingerprint density at radius 1 is 1.07 bits per heavy atom. The van der Waals surface area contributed by atoms with Crippen molar-refractivity contribution in [3.05, 3.63) is 101 Å². The second-order valence-corrected chi connectivity index (χ2v) is 10.3. The van der Waals surface area contributed by atoms with E-state index < -0.39 is 11.7 Å². The second-order valence-electron chi connectivity index (χ2n) is 10.3. The van der Waals surface area contributed by atoms with Crippen molar-refractivity contribution in [3.8, 4) is 17.3 Å². The first-order chi connectivity index (χ1) is 20.1. The molecule has 0 aliphatic rings. The van der Waals surface area contributed by atoms with Crippen molar-refractivity contribution >= 4 is 12.0 Å². The van der Waals surface area contributed by atoms with Gasteiger partial charge in [-0.1, -0.05) is 18.2 Å². The van der Waals surface area contributed by atoms with Gasteiger partial charge in [-0.25, -0.2) is 9.18 Å². The molecule has 0 fully saturated rings. The maximum Gasteiger partial charge on any atom is 0.407 e. The van der Waals surface area contributed by atoms with Gasteiger partial charge in [-0.2, -0.15) is 10.1 Å². The van der Waals surface area contributed by atoms with Crippen LogP contribution in [0, 0.1) is 17.1 Å². The number of benzene rings is 1. The zero-order chi connectivity index (χ0) is 30.1. The standard InChI is InChI=1S/C30H31FN8O3/c1-30(2,3)42-29(41)36-18-27-21(7-5-12-33-27)16-35-28(40)22-9-10-25(34-17-22)24-19-39(38-26(24)15-32)37-13-11-20-6-4-8-23(31)14-20/h4-10,12,14,17,19,37H,11,13,16,18H2,1-3H3,(H,35,40)(H,36,41). The molecule has 0 bridgehead atoms. The fraction of sp³-hybridized carbons (Fsp3) is 0.267. The van der Waals surface area contributed by atoms with Crippen LogP contribution in [0.3, 0.4) is 0 Å². The quantitative estimate of drug-likeness (QED) is 0.258. The minimum absolute atomic E-state index is 0.145. The van der Waals surface area contributed by atoms with Gasteiger partial charge >= 0.3 is 6.09 Å². The number of pyridine rings is 2. The van der Waals surface area contributed by atoms with Gasteiger partial charge in [0.15, 0.2) is 5.69 Å². The normalized spacial score (nSPS) is 10.9. The number of ether oxygens (including phenoxy) is 1. The summed E-state index contributed by atoms with van der Waals surface area (Å²) in [6, 6.07) is 15.2. The van der Waals surface area contributed by atoms with Crippen LogP contribution in [0.25, 0.3) is 11.3 Å². The average molecular weight is 571 g/mol. The van der Waals surface area contributed by atoms with E-state index in [0.717, 1.165) is 11.1 Å². The summed E-state index contributed by atoms with van der Waals surface area (Å²) in [6.07, 6.45) is 4.69. The Kier molecular flexibility index (Phi) is 9.44. The van der Waals surface area contributed by atoms with Crippen molar-refractivity contribution in [1.29, 1.82) is 5.26 Å². The van der Waals surface area contributed by atoms with Crippen LogP contribution in [-0.4, -0.2) is 44.0 Å². The molecule has 216 valence electrons. The fourth-order valence-corrected chi connectivity index (χ4v) is 3.96. The molecule has 0 atom stereocenters. The lowest BCUT2D eigenvalue weighted by Gasteiger charge is -2.20. The number of aromatic nitrogens is 4. The molecule has 0 saturated carbocycles. The molecule has 0 aliphatic heterocycles. The Bertz CT molecular complexity index is 1590. The van der Waals surface area contributed by atoms with E-state index >= 15 is 0 Å². The molecule has 3 heterocycles. The minimum atomic E-state index is -0.618. The lowest BCUT2D eigenvalue weighted by Crippen LogP contribution is -2.32. The molecule has 0 aliphatic carbocycles. The van der Waals surface area contributed by atoms with E-state index in [1.54, 1.807) is 57.4 Å². The van der Waals surface area contributed by atoms with Crippen LogP contribution >= 0.6 is 0 Å². The highest BCUT2D eigenvalue weighted by molar-refractivity contribution is 5.94. The van der Waals surface area contributed by atoms with Crippen LogP contribution < -0.4 is 16.1 Å². The van der Waals surface area contributed by atoms with Crippen LogP contribution in [-0.2, 0) is 24.2 Å². The maximum absolute atomic E-state index is 13.4. The van der Waals surface area contributed by atoms with Gasteiger partial charge in [0.2, 0.25) is 0 Å². The summed E-state index contributed by atoms with van der Waals surface area (Å²) in [5, 5.41) is 19.3. The Hall–Kier alpha value is -5.31. The summed E-state index contributed by atoms with van der Waals surface area (Å²) >= 11 is 0. The van der Waals surface area contributed by atoms with Gasteiger partial charge in [-0.15, -0.1) is 5.10 Å². The summed E-state index contributed by atoms with van der Waals surface area (Å²) in [4.78, 5) is 34.9. The number of alkyl carbamates (subject to hydrolysis) is 1. The van der Waals surface area contributed by atoms with Gasteiger partial charge < -0.3 is 20.8 Å². The number of rotatable bonds is 10. The van der Waals surface area contributed by atoms with E-state index in [-0.39, 0.29) is 30.5 Å². The Balaban J connectivity index is 1.34. The lowest BCUT2D eigenvalue weighted by atomic mass is 10.1. The SMILES string of the molecule is CC(C)(C)OC(=O)NCc1ncccc1CNC(=O)c1ccc(-c2cn(NCCc3cccc(F)c3)nc2C#N)nc1. The van der Waals surface area contributed by atoms with Crippen LogP contribution in [0.4, 0.5) is 9.18 Å². The first-order valence-corrected chi connectivity index (χ1v) is 13.2. The number of nitrogens with one attached hydrogen (secondary N) is 3. The zero-order valence-electron chi connectivity index (χ0n) is 23.5. The van der Waals surface area contributed by atoms with Gasteiger partial charge in [0.25, 0.3) is 5.91 Å². The number of hydrogen-bond donors (Lipinski definition) is 3. The van der Waals surface area contributed by atoms with Crippen molar-refractivity contribution < 1.29 is 18.7 Å². The predicted molar refractivity (Wildman–Crippen MR) is 153 cm³/mol. The number of nitrogens with zero attached hydrogens (tertiary/aromatic N) is 5. The molecule has 4 rings (SSSR count). The molecular weight excluding hydrogens is 539 g/mol. The molecule has 3 aromatic heterocycles. The first kappa shape index (κ1) is 29.7. The van der Waals surface area contributed by atoms with Gasteiger partial charge in [0, 0.05) is 25.5 Å². The molecule has 11 nitrogen and oxygen atoms in total. The van der Waals surface area contributed by atoms with Crippen molar-refractivity contribution in [3.63, 3.8) is 0 Å². The molecule has 42 heavy (non-hydrogen) atoms. The zero-order valence-corrected chi connectivity index (χ0v) is 23.5. The predicted octanol–water partition coefficient (Wildman–Crippen LogP) is 4.09. The van der Waals surface area contributed by atoms with Gasteiger partial charge in [-0.05, 0) is 68.7 Å². The highest BCUT2D eigenvalue weighted by Crippen LogP contribution is 2.20. The summed E-state index contributed by atoms with van der Waals surface area (Å²) in [5.41, 5.74) is 6.10. The number of nitriles is 1. The number of amides is 2. The minimum Gasteiger partial charge on any atom is -0.444 e. The van der Waals surface area contributed by atoms with Crippen LogP contribution in [0.15, 0.2) is 67.1 Å². The fourth-order valence-electron chi connectivity index (χ4n) is 3.96. The first-order valence-electron chi connectivity index (χ1n) is 13.2. The van der Waals surface area contributed by atoms with Gasteiger partial charge in [0.1, 0.15) is 17.5 Å². The summed E-state index contributed by atoms with van der Waals surface area (Å²) < 4.78 is 18.6. The van der Waals surface area contributed by atoms with E-state index in [9.17, 15) is 19.2 Å². The summed E-state index contributed by atoms with van der Waals surface area (Å²) in [5.74, 6) is -0.641. The molecule has 0 spiro atoms. The number of hydrogen-bond acceptors (Lipinski definition) is 8. The number of carbonyl (C=O) groups is 2. The smallest absolute Gasteiger partial charge is 0.407 e. The van der Waals surface area contributed by atoms with E-state index in [1.165, 1.54) is 23.1 Å². The third kappa shape index (κ3) is 8.34. The Morgan fingerprint density at radius 2 is 1.90 bits per heavy atom. The molecule has 3 N–H and O–H groups in total. The molecule has 0 radical (unpaired) electrons. The number of carbonyl (C=O) groups excluding carboxylic acids is 2. The Labute approximate surface area is 242 Å². The van der Waals surface area contributed by atoms with Gasteiger partial charge in [0.05, 0.1) is 35.3 Å². The molecule has 4 aromatic rings. The lowest BCUT2D eigenvalue weighted by molar-refractivity contribution is 0.0522. The molecule has 1 aromatic carbocycles. The van der Waals surface area contributed by atoms with E-state index in [2.05, 4.69) is 37.2 Å². The van der Waals surface area contributed by atoms with Crippen LogP contribution in [0.5, 0.6) is 0 Å². The molecule has 12 heteroatoms. The van der Waals surface area contributed by atoms with E-state index in [0.29, 0.717) is 35.5 Å². The molecule has 0 saturated heterocycles. The molecular formula is C30H31FN8O3. The monoisotopic (exact) mass is 570 g/mol. The topological polar surface area (TPSA) is 147 Å². The average Bonchev–Trinajstić information content (AvgIpc) is 3.37. The third-order valence-corrected chi connectivity index (χ3v) is 5.92. The highest BCUT2D eigenvalue weighted by Gasteiger charge is 2.17. The third-order valence-electron chi connectivity index (χ3n) is 5.92. The highest BCUT2D eigenvalue weighted by atomic mass is 19.1. The van der Waals surface area contributed by atoms with Crippen LogP contribution in [0.2, 0.25) is 0 Å². The van der Waals surface area contributed by atoms with Crippen LogP contribution in [0.1, 0.15) is 53.6 Å². The summed E-state index contributed by atoms with van der Waals surface area (Å²) in [6.45, 7) is 6.14. The van der Waals surface area contributed by atoms with Crippen molar-refractivity contribution in [2.45, 2.75) is 45.9 Å². The number of halogens is 1. The van der Waals surface area contributed by atoms with Crippen molar-refractivity contribution in [2.75, 3.05) is 12.0 Å². The molecule has 0 unspecified atom stereocenters. The van der Waals surface area contributed by atoms with Crippen molar-refractivity contribution in [1.82, 2.24) is 30.5 Å².